The molecule has 2 fully saturated rings. The average molecular weight is 639 g/mol. The van der Waals surface area contributed by atoms with Crippen LogP contribution in [0.1, 0.15) is 57.2 Å². The number of nitrogens with zero attached hydrogens (tertiary/aromatic N) is 4. The van der Waals surface area contributed by atoms with Gasteiger partial charge in [0.1, 0.15) is 17.7 Å². The third-order valence-electron chi connectivity index (χ3n) is 9.10. The second kappa shape index (κ2) is 13.8. The Morgan fingerprint density at radius 2 is 1.51 bits per heavy atom. The lowest BCUT2D eigenvalue weighted by atomic mass is 10.0. The summed E-state index contributed by atoms with van der Waals surface area (Å²) in [6, 6.07) is 15.3. The molecule has 4 aromatic rings. The molecule has 6 rings (SSSR count). The fourth-order valence-corrected chi connectivity index (χ4v) is 6.43. The molecule has 2 aromatic carbocycles. The number of nitrogens with two attached hydrogens (primary N) is 1. The molecule has 0 bridgehead atoms. The summed E-state index contributed by atoms with van der Waals surface area (Å²) in [5, 5.41) is 2.69. The topological polar surface area (TPSA) is 162 Å². The number of amides is 3. The van der Waals surface area contributed by atoms with E-state index < -0.39 is 18.2 Å². The van der Waals surface area contributed by atoms with Crippen LogP contribution in [0.4, 0.5) is 4.79 Å². The summed E-state index contributed by atoms with van der Waals surface area (Å²) < 4.78 is 4.74. The zero-order valence-electron chi connectivity index (χ0n) is 27.0. The lowest BCUT2D eigenvalue weighted by Crippen LogP contribution is -2.51. The molecule has 246 valence electrons. The van der Waals surface area contributed by atoms with Gasteiger partial charge in [-0.2, -0.15) is 0 Å². The molecule has 2 aliphatic heterocycles. The molecule has 3 amide bonds. The molecule has 0 aliphatic carbocycles. The predicted molar refractivity (Wildman–Crippen MR) is 178 cm³/mol. The summed E-state index contributed by atoms with van der Waals surface area (Å²) in [7, 11) is 1.29. The summed E-state index contributed by atoms with van der Waals surface area (Å²) in [6.45, 7) is 5.55. The van der Waals surface area contributed by atoms with Gasteiger partial charge in [-0.25, -0.2) is 14.8 Å². The van der Waals surface area contributed by atoms with Gasteiger partial charge in [-0.05, 0) is 53.9 Å². The number of alkyl carbamates (subject to hydrolysis) is 1. The Labute approximate surface area is 274 Å². The first-order valence-corrected chi connectivity index (χ1v) is 16.2. The minimum atomic E-state index is -0.674. The van der Waals surface area contributed by atoms with Gasteiger partial charge in [-0.1, -0.05) is 62.4 Å². The summed E-state index contributed by atoms with van der Waals surface area (Å²) in [5.74, 6) is 1.24. The summed E-state index contributed by atoms with van der Waals surface area (Å²) in [6.07, 6.45) is 6.29. The number of piperidine rings is 1. The van der Waals surface area contributed by atoms with E-state index >= 15 is 0 Å². The van der Waals surface area contributed by atoms with Gasteiger partial charge < -0.3 is 35.6 Å². The molecule has 0 saturated carbocycles. The van der Waals surface area contributed by atoms with Crippen molar-refractivity contribution in [3.63, 3.8) is 0 Å². The summed E-state index contributed by atoms with van der Waals surface area (Å²) >= 11 is 0. The number of hydrogen-bond acceptors (Lipinski definition) is 7. The molecule has 3 atom stereocenters. The summed E-state index contributed by atoms with van der Waals surface area (Å²) in [5.41, 5.74) is 11.9. The molecule has 12 nitrogen and oxygen atoms in total. The van der Waals surface area contributed by atoms with Gasteiger partial charge in [-0.3, -0.25) is 9.59 Å². The highest BCUT2D eigenvalue weighted by Crippen LogP contribution is 2.33. The molecule has 5 N–H and O–H groups in total. The molecule has 2 aromatic heterocycles. The van der Waals surface area contributed by atoms with E-state index in [2.05, 4.69) is 73.8 Å². The second-order valence-corrected chi connectivity index (χ2v) is 12.6. The van der Waals surface area contributed by atoms with Crippen molar-refractivity contribution in [3.8, 4) is 33.6 Å². The lowest BCUT2D eigenvalue weighted by Gasteiger charge is -2.30. The first-order chi connectivity index (χ1) is 22.7. The minimum Gasteiger partial charge on any atom is -0.453 e. The first kappa shape index (κ1) is 32.0. The van der Waals surface area contributed by atoms with Gasteiger partial charge in [0.2, 0.25) is 11.8 Å². The predicted octanol–water partition coefficient (Wildman–Crippen LogP) is 4.63. The van der Waals surface area contributed by atoms with E-state index in [0.717, 1.165) is 71.0 Å². The second-order valence-electron chi connectivity index (χ2n) is 12.6. The van der Waals surface area contributed by atoms with Crippen molar-refractivity contribution in [2.24, 2.45) is 11.7 Å². The molecule has 0 unspecified atom stereocenters. The quantitative estimate of drug-likeness (QED) is 0.208. The molecule has 2 aliphatic rings. The van der Waals surface area contributed by atoms with E-state index in [1.165, 1.54) is 7.11 Å². The van der Waals surface area contributed by atoms with Gasteiger partial charge in [0, 0.05) is 13.1 Å². The number of methoxy groups -OCH3 is 1. The van der Waals surface area contributed by atoms with E-state index in [0.29, 0.717) is 19.6 Å². The Morgan fingerprint density at radius 3 is 2.15 bits per heavy atom. The maximum Gasteiger partial charge on any atom is 0.407 e. The number of aromatic amines is 2. The lowest BCUT2D eigenvalue weighted by molar-refractivity contribution is -0.136. The molecule has 2 saturated heterocycles. The van der Waals surface area contributed by atoms with E-state index in [-0.39, 0.29) is 23.8 Å². The Balaban J connectivity index is 1.10. The van der Waals surface area contributed by atoms with Crippen LogP contribution in [0.15, 0.2) is 60.9 Å². The highest BCUT2D eigenvalue weighted by atomic mass is 16.5. The fourth-order valence-electron chi connectivity index (χ4n) is 6.43. The van der Waals surface area contributed by atoms with Crippen LogP contribution in [0.5, 0.6) is 0 Å². The van der Waals surface area contributed by atoms with Gasteiger partial charge in [0.15, 0.2) is 0 Å². The van der Waals surface area contributed by atoms with Gasteiger partial charge >= 0.3 is 6.09 Å². The molecule has 0 spiro atoms. The van der Waals surface area contributed by atoms with E-state index in [1.807, 2.05) is 18.7 Å². The molecular weight excluding hydrogens is 596 g/mol. The Bertz CT molecular complexity index is 1710. The number of ether oxygens (including phenoxy) is 1. The maximum atomic E-state index is 13.5. The number of imidazole rings is 2. The van der Waals surface area contributed by atoms with Crippen molar-refractivity contribution in [2.75, 3.05) is 20.2 Å². The third kappa shape index (κ3) is 6.92. The van der Waals surface area contributed by atoms with Crippen molar-refractivity contribution in [1.82, 2.24) is 35.1 Å². The van der Waals surface area contributed by atoms with Crippen molar-refractivity contribution < 1.29 is 19.1 Å². The van der Waals surface area contributed by atoms with E-state index in [9.17, 15) is 14.4 Å². The van der Waals surface area contributed by atoms with E-state index in [4.69, 9.17) is 10.5 Å². The van der Waals surface area contributed by atoms with Crippen LogP contribution in [-0.4, -0.2) is 79.9 Å². The highest BCUT2D eigenvalue weighted by Gasteiger charge is 2.37. The smallest absolute Gasteiger partial charge is 0.407 e. The van der Waals surface area contributed by atoms with Crippen LogP contribution in [0.2, 0.25) is 0 Å². The van der Waals surface area contributed by atoms with Crippen LogP contribution in [0.25, 0.3) is 33.6 Å². The van der Waals surface area contributed by atoms with Gasteiger partial charge in [0.05, 0.1) is 49.5 Å². The largest absolute Gasteiger partial charge is 0.453 e. The zero-order valence-corrected chi connectivity index (χ0v) is 27.0. The van der Waals surface area contributed by atoms with Gasteiger partial charge in [0.25, 0.3) is 0 Å². The number of carbonyl (C=O) groups is 3. The minimum absolute atomic E-state index is 0.0175. The molecule has 12 heteroatoms. The van der Waals surface area contributed by atoms with Crippen molar-refractivity contribution in [3.05, 3.63) is 72.6 Å². The van der Waals surface area contributed by atoms with Crippen LogP contribution in [-0.2, 0) is 20.9 Å². The first-order valence-electron chi connectivity index (χ1n) is 16.2. The number of nitrogens with one attached hydrogen (secondary N) is 3. The SMILES string of the molecule is COC(=O)N[C@H](C(=O)N1CCC[C@H]1c1ncc(-c2ccc(-c3ccc(-c4cnc(CN5CCC[C@H](N)C5=O)[nH]4)cc3)cc2)[nH]1)C(C)C. The number of carbonyl (C=O) groups excluding carboxylic acids is 3. The van der Waals surface area contributed by atoms with Crippen LogP contribution < -0.4 is 11.1 Å². The number of H-pyrrole nitrogens is 2. The molecule has 4 heterocycles. The number of hydrogen-bond donors (Lipinski definition) is 4. The van der Waals surface area contributed by atoms with Crippen LogP contribution >= 0.6 is 0 Å². The fraction of sp³-hybridized carbons (Fsp3) is 0.400. The summed E-state index contributed by atoms with van der Waals surface area (Å²) in [4.78, 5) is 57.2. The maximum absolute atomic E-state index is 13.5. The monoisotopic (exact) mass is 638 g/mol. The standard InChI is InChI=1S/C35H42N8O4/c1-21(2)31(41-35(46)47-3)34(45)43-17-5-7-29(43)32-38-19-28(40-32)25-14-10-23(11-15-25)22-8-12-24(13-9-22)27-18-37-30(39-27)20-42-16-4-6-26(36)33(42)44/h8-15,18-19,21,26,29,31H,4-7,16-17,20,36H2,1-3H3,(H,37,39)(H,38,40)(H,41,46)/t26-,29-,31-/m0/s1. The van der Waals surface area contributed by atoms with Crippen LogP contribution in [0.3, 0.4) is 0 Å². The number of likely N-dealkylation sites (tertiary alicyclic amines) is 2. The van der Waals surface area contributed by atoms with Gasteiger partial charge in [-0.15, -0.1) is 0 Å². The highest BCUT2D eigenvalue weighted by molar-refractivity contribution is 5.86. The zero-order chi connectivity index (χ0) is 33.1. The molecule has 0 radical (unpaired) electrons. The van der Waals surface area contributed by atoms with Crippen LogP contribution in [0, 0.1) is 5.92 Å². The third-order valence-corrected chi connectivity index (χ3v) is 9.10. The number of aromatic nitrogens is 4. The van der Waals surface area contributed by atoms with Crippen molar-refractivity contribution in [1.29, 1.82) is 0 Å². The molecular formula is C35H42N8O4. The van der Waals surface area contributed by atoms with E-state index in [1.54, 1.807) is 17.3 Å². The van der Waals surface area contributed by atoms with Crippen molar-refractivity contribution >= 4 is 17.9 Å². The Kier molecular flexibility index (Phi) is 9.39. The number of rotatable bonds is 9. The van der Waals surface area contributed by atoms with Crippen molar-refractivity contribution in [2.45, 2.75) is 64.2 Å². The Morgan fingerprint density at radius 1 is 0.915 bits per heavy atom. The normalized spacial score (nSPS) is 18.9. The number of benzene rings is 2. The Hall–Kier alpha value is -4.97. The average Bonchev–Trinajstić information content (AvgIpc) is 3.87. The molecule has 47 heavy (non-hydrogen) atoms.